The minimum absolute atomic E-state index is 0.0225. The molecule has 21 heavy (non-hydrogen) atoms. The van der Waals surface area contributed by atoms with E-state index in [1.807, 2.05) is 0 Å². The highest BCUT2D eigenvalue weighted by atomic mass is 32.2. The molecule has 1 aliphatic heterocycles. The normalized spacial score (nSPS) is 21.5. The predicted molar refractivity (Wildman–Crippen MR) is 80.8 cm³/mol. The van der Waals surface area contributed by atoms with Gasteiger partial charge in [-0.15, -0.1) is 0 Å². The summed E-state index contributed by atoms with van der Waals surface area (Å²) in [6.07, 6.45) is 1.27. The number of urea groups is 1. The van der Waals surface area contributed by atoms with Gasteiger partial charge in [-0.25, -0.2) is 4.79 Å². The Kier molecular flexibility index (Phi) is 5.32. The van der Waals surface area contributed by atoms with Crippen molar-refractivity contribution in [2.75, 3.05) is 16.8 Å². The lowest BCUT2D eigenvalue weighted by Gasteiger charge is -2.23. The topological polar surface area (TPSA) is 95.5 Å². The summed E-state index contributed by atoms with van der Waals surface area (Å²) < 4.78 is 11.3. The first-order chi connectivity index (χ1) is 10.0. The highest BCUT2D eigenvalue weighted by molar-refractivity contribution is 7.85. The Morgan fingerprint density at radius 2 is 1.90 bits per heavy atom. The summed E-state index contributed by atoms with van der Waals surface area (Å²) in [6.45, 7) is 0. The molecule has 3 N–H and O–H groups in total. The third-order valence-corrected chi connectivity index (χ3v) is 4.71. The Bertz CT molecular complexity index is 552. The van der Waals surface area contributed by atoms with Crippen LogP contribution in [0.5, 0.6) is 0 Å². The van der Waals surface area contributed by atoms with Gasteiger partial charge in [-0.3, -0.25) is 9.00 Å². The van der Waals surface area contributed by atoms with E-state index in [9.17, 15) is 13.8 Å². The first-order valence-electron chi connectivity index (χ1n) is 6.77. The molecule has 6 nitrogen and oxygen atoms in total. The number of anilines is 1. The lowest BCUT2D eigenvalue weighted by Crippen LogP contribution is -2.41. The van der Waals surface area contributed by atoms with Gasteiger partial charge in [0.15, 0.2) is 0 Å². The van der Waals surface area contributed by atoms with Crippen LogP contribution in [0.25, 0.3) is 0 Å². The second-order valence-corrected chi connectivity index (χ2v) is 6.64. The van der Waals surface area contributed by atoms with Gasteiger partial charge in [-0.2, -0.15) is 0 Å². The molecule has 0 bridgehead atoms. The van der Waals surface area contributed by atoms with Crippen molar-refractivity contribution < 1.29 is 18.9 Å². The van der Waals surface area contributed by atoms with Crippen LogP contribution in [0.1, 0.15) is 18.4 Å². The van der Waals surface area contributed by atoms with Crippen LogP contribution in [0.15, 0.2) is 24.3 Å². The van der Waals surface area contributed by atoms with Gasteiger partial charge in [-0.05, 0) is 24.5 Å². The number of hydrogen-bond acceptors (Lipinski definition) is 3. The Morgan fingerprint density at radius 3 is 2.57 bits per heavy atom. The predicted octanol–water partition coefficient (Wildman–Crippen LogP) is 1.35. The largest absolute Gasteiger partial charge is 0.481 e. The highest BCUT2D eigenvalue weighted by Crippen LogP contribution is 2.16. The van der Waals surface area contributed by atoms with Crippen LogP contribution in [-0.2, 0) is 22.0 Å². The van der Waals surface area contributed by atoms with Gasteiger partial charge in [0.1, 0.15) is 0 Å². The van der Waals surface area contributed by atoms with Gasteiger partial charge in [-0.1, -0.05) is 18.2 Å². The molecular formula is C14H18N2O4S. The lowest BCUT2D eigenvalue weighted by molar-refractivity contribution is -0.136. The summed E-state index contributed by atoms with van der Waals surface area (Å²) in [4.78, 5) is 22.8. The Labute approximate surface area is 125 Å². The second-order valence-electron chi connectivity index (χ2n) is 4.95. The zero-order chi connectivity index (χ0) is 15.2. The number of para-hydroxylation sites is 1. The molecule has 1 heterocycles. The highest BCUT2D eigenvalue weighted by Gasteiger charge is 2.19. The first kappa shape index (κ1) is 15.5. The van der Waals surface area contributed by atoms with E-state index in [2.05, 4.69) is 10.6 Å². The molecule has 1 aromatic rings. The summed E-state index contributed by atoms with van der Waals surface area (Å²) in [7, 11) is -0.761. The summed E-state index contributed by atoms with van der Waals surface area (Å²) in [5.74, 6) is 0.278. The van der Waals surface area contributed by atoms with Crippen LogP contribution in [0.4, 0.5) is 10.5 Å². The zero-order valence-corrected chi connectivity index (χ0v) is 12.3. The molecule has 0 aromatic heterocycles. The fourth-order valence-electron chi connectivity index (χ4n) is 2.24. The van der Waals surface area contributed by atoms with Gasteiger partial charge < -0.3 is 15.7 Å². The van der Waals surface area contributed by atoms with Crippen molar-refractivity contribution in [3.8, 4) is 0 Å². The maximum Gasteiger partial charge on any atom is 0.319 e. The van der Waals surface area contributed by atoms with Gasteiger partial charge in [0.2, 0.25) is 0 Å². The van der Waals surface area contributed by atoms with E-state index >= 15 is 0 Å². The average molecular weight is 310 g/mol. The molecule has 0 radical (unpaired) electrons. The quantitative estimate of drug-likeness (QED) is 0.782. The van der Waals surface area contributed by atoms with E-state index in [0.717, 1.165) is 0 Å². The molecule has 114 valence electrons. The maximum atomic E-state index is 12.0. The molecule has 0 atom stereocenters. The molecule has 2 amide bonds. The second kappa shape index (κ2) is 7.21. The molecule has 0 spiro atoms. The molecule has 7 heteroatoms. The van der Waals surface area contributed by atoms with E-state index in [1.165, 1.54) is 0 Å². The van der Waals surface area contributed by atoms with Gasteiger partial charge in [0, 0.05) is 34.0 Å². The smallest absolute Gasteiger partial charge is 0.319 e. The van der Waals surface area contributed by atoms with Crippen molar-refractivity contribution in [2.24, 2.45) is 0 Å². The van der Waals surface area contributed by atoms with E-state index < -0.39 is 16.8 Å². The maximum absolute atomic E-state index is 12.0. The van der Waals surface area contributed by atoms with E-state index in [1.54, 1.807) is 24.3 Å². The van der Waals surface area contributed by atoms with Gasteiger partial charge in [0.05, 0.1) is 6.42 Å². The standard InChI is InChI=1S/C14H18N2O4S/c17-13(18)9-10-3-1-2-4-12(10)16-14(19)15-11-5-7-21(20)8-6-11/h1-4,11H,5-9H2,(H,17,18)(H2,15,16,19). The van der Waals surface area contributed by atoms with Gasteiger partial charge >= 0.3 is 12.0 Å². The fraction of sp³-hybridized carbons (Fsp3) is 0.429. The number of carbonyl (C=O) groups excluding carboxylic acids is 1. The number of amides is 2. The van der Waals surface area contributed by atoms with Crippen molar-refractivity contribution in [3.63, 3.8) is 0 Å². The van der Waals surface area contributed by atoms with Gasteiger partial charge in [0.25, 0.3) is 0 Å². The number of rotatable bonds is 4. The minimum atomic E-state index is -0.945. The molecule has 1 aliphatic rings. The third kappa shape index (κ3) is 4.86. The van der Waals surface area contributed by atoms with Crippen LogP contribution in [0.3, 0.4) is 0 Å². The number of carbonyl (C=O) groups is 2. The van der Waals surface area contributed by atoms with Crippen LogP contribution in [0.2, 0.25) is 0 Å². The number of benzene rings is 1. The molecule has 0 saturated carbocycles. The molecule has 1 fully saturated rings. The number of aliphatic carboxylic acids is 1. The van der Waals surface area contributed by atoms with Crippen LogP contribution in [-0.4, -0.2) is 38.9 Å². The number of carboxylic acid groups (broad SMARTS) is 1. The summed E-state index contributed by atoms with van der Waals surface area (Å²) >= 11 is 0. The number of carboxylic acids is 1. The van der Waals surface area contributed by atoms with Crippen molar-refractivity contribution in [2.45, 2.75) is 25.3 Å². The lowest BCUT2D eigenvalue weighted by atomic mass is 10.1. The van der Waals surface area contributed by atoms with Crippen molar-refractivity contribution in [1.29, 1.82) is 0 Å². The van der Waals surface area contributed by atoms with E-state index in [0.29, 0.717) is 35.6 Å². The zero-order valence-electron chi connectivity index (χ0n) is 11.5. The van der Waals surface area contributed by atoms with Crippen LogP contribution >= 0.6 is 0 Å². The fourth-order valence-corrected chi connectivity index (χ4v) is 3.54. The molecule has 2 rings (SSSR count). The monoisotopic (exact) mass is 310 g/mol. The van der Waals surface area contributed by atoms with Crippen LogP contribution < -0.4 is 10.6 Å². The van der Waals surface area contributed by atoms with Crippen molar-refractivity contribution in [3.05, 3.63) is 29.8 Å². The molecule has 0 unspecified atom stereocenters. The Balaban J connectivity index is 1.93. The van der Waals surface area contributed by atoms with E-state index in [-0.39, 0.29) is 18.5 Å². The number of nitrogens with one attached hydrogen (secondary N) is 2. The third-order valence-electron chi connectivity index (χ3n) is 3.33. The first-order valence-corrected chi connectivity index (χ1v) is 8.25. The average Bonchev–Trinajstić information content (AvgIpc) is 2.43. The summed E-state index contributed by atoms with van der Waals surface area (Å²) in [5.41, 5.74) is 1.06. The molecule has 0 aliphatic carbocycles. The molecule has 1 aromatic carbocycles. The van der Waals surface area contributed by atoms with Crippen molar-refractivity contribution in [1.82, 2.24) is 5.32 Å². The Morgan fingerprint density at radius 1 is 1.24 bits per heavy atom. The summed E-state index contributed by atoms with van der Waals surface area (Å²) in [6, 6.07) is 6.49. The van der Waals surface area contributed by atoms with Crippen molar-refractivity contribution >= 4 is 28.5 Å². The SMILES string of the molecule is O=C(O)Cc1ccccc1NC(=O)NC1CCS(=O)CC1. The van der Waals surface area contributed by atoms with Crippen LogP contribution in [0, 0.1) is 0 Å². The molecular weight excluding hydrogens is 292 g/mol. The number of hydrogen-bond donors (Lipinski definition) is 3. The molecule has 1 saturated heterocycles. The Hall–Kier alpha value is -1.89. The summed E-state index contributed by atoms with van der Waals surface area (Å²) in [5, 5.41) is 14.4. The van der Waals surface area contributed by atoms with E-state index in [4.69, 9.17) is 5.11 Å². The minimum Gasteiger partial charge on any atom is -0.481 e.